The Hall–Kier alpha value is -1.39. The maximum absolute atomic E-state index is 4.66. The molecule has 0 amide bonds. The molecule has 4 heteroatoms. The molecule has 3 nitrogen and oxygen atoms in total. The van der Waals surface area contributed by atoms with Crippen LogP contribution in [0.15, 0.2) is 30.3 Å². The van der Waals surface area contributed by atoms with Gasteiger partial charge >= 0.3 is 0 Å². The second-order valence-corrected chi connectivity index (χ2v) is 5.04. The van der Waals surface area contributed by atoms with E-state index in [1.807, 2.05) is 27.2 Å². The smallest absolute Gasteiger partial charge is 0.185 e. The van der Waals surface area contributed by atoms with Crippen molar-refractivity contribution in [3.05, 3.63) is 36.0 Å². The highest BCUT2D eigenvalue weighted by atomic mass is 32.1. The van der Waals surface area contributed by atoms with E-state index >= 15 is 0 Å². The van der Waals surface area contributed by atoms with E-state index in [0.717, 1.165) is 17.4 Å². The number of hydrogen-bond acceptors (Lipinski definition) is 4. The lowest BCUT2D eigenvalue weighted by molar-refractivity contribution is 0.797. The van der Waals surface area contributed by atoms with Crippen LogP contribution in [-0.4, -0.2) is 26.1 Å². The van der Waals surface area contributed by atoms with Gasteiger partial charge in [-0.05, 0) is 12.6 Å². The van der Waals surface area contributed by atoms with Gasteiger partial charge in [0.15, 0.2) is 5.13 Å². The third kappa shape index (κ3) is 2.65. The van der Waals surface area contributed by atoms with Crippen LogP contribution < -0.4 is 10.2 Å². The van der Waals surface area contributed by atoms with E-state index in [4.69, 9.17) is 0 Å². The second kappa shape index (κ2) is 5.29. The second-order valence-electron chi connectivity index (χ2n) is 4.06. The molecule has 0 fully saturated rings. The van der Waals surface area contributed by atoms with Crippen LogP contribution in [0.5, 0.6) is 0 Å². The van der Waals surface area contributed by atoms with Crippen LogP contribution >= 0.6 is 11.3 Å². The third-order valence-electron chi connectivity index (χ3n) is 2.45. The molecular formula is C13H17N3S. The van der Waals surface area contributed by atoms with Crippen molar-refractivity contribution in [1.82, 2.24) is 10.3 Å². The van der Waals surface area contributed by atoms with Crippen molar-refractivity contribution in [2.45, 2.75) is 6.54 Å². The summed E-state index contributed by atoms with van der Waals surface area (Å²) in [6, 6.07) is 10.4. The molecule has 0 saturated carbocycles. The van der Waals surface area contributed by atoms with Gasteiger partial charge in [-0.2, -0.15) is 0 Å². The Morgan fingerprint density at radius 2 is 1.94 bits per heavy atom. The Balaban J connectivity index is 2.44. The predicted molar refractivity (Wildman–Crippen MR) is 74.6 cm³/mol. The average molecular weight is 247 g/mol. The number of rotatable bonds is 4. The topological polar surface area (TPSA) is 28.2 Å². The van der Waals surface area contributed by atoms with Crippen molar-refractivity contribution in [1.29, 1.82) is 0 Å². The molecule has 1 aromatic carbocycles. The summed E-state index contributed by atoms with van der Waals surface area (Å²) in [4.78, 5) is 7.96. The zero-order valence-electron chi connectivity index (χ0n) is 10.4. The fraction of sp³-hybridized carbons (Fsp3) is 0.308. The zero-order chi connectivity index (χ0) is 12.3. The van der Waals surface area contributed by atoms with Crippen LogP contribution in [0.3, 0.4) is 0 Å². The molecule has 0 atom stereocenters. The first-order valence-corrected chi connectivity index (χ1v) is 6.41. The number of hydrogen-bond donors (Lipinski definition) is 1. The highest BCUT2D eigenvalue weighted by Gasteiger charge is 2.13. The van der Waals surface area contributed by atoms with E-state index in [9.17, 15) is 0 Å². The van der Waals surface area contributed by atoms with E-state index in [2.05, 4.69) is 39.5 Å². The Kier molecular flexibility index (Phi) is 3.76. The van der Waals surface area contributed by atoms with Crippen LogP contribution in [-0.2, 0) is 6.54 Å². The molecule has 2 aromatic rings. The molecule has 0 radical (unpaired) electrons. The standard InChI is InChI=1S/C13H17N3S/c1-14-9-11-12(10-7-5-4-6-8-10)17-13(15-11)16(2)3/h4-8,14H,9H2,1-3H3. The normalized spacial score (nSPS) is 10.5. The van der Waals surface area contributed by atoms with Crippen molar-refractivity contribution >= 4 is 16.5 Å². The summed E-state index contributed by atoms with van der Waals surface area (Å²) in [5.74, 6) is 0. The lowest BCUT2D eigenvalue weighted by Crippen LogP contribution is -2.10. The zero-order valence-corrected chi connectivity index (χ0v) is 11.2. The lowest BCUT2D eigenvalue weighted by Gasteiger charge is -2.05. The van der Waals surface area contributed by atoms with Gasteiger partial charge < -0.3 is 10.2 Å². The van der Waals surface area contributed by atoms with Crippen LogP contribution in [0, 0.1) is 0 Å². The van der Waals surface area contributed by atoms with Crippen molar-refractivity contribution in [2.24, 2.45) is 0 Å². The van der Waals surface area contributed by atoms with Gasteiger partial charge in [0.2, 0.25) is 0 Å². The minimum absolute atomic E-state index is 0.800. The lowest BCUT2D eigenvalue weighted by atomic mass is 10.1. The molecular weight excluding hydrogens is 230 g/mol. The number of benzene rings is 1. The van der Waals surface area contributed by atoms with Crippen molar-refractivity contribution in [3.8, 4) is 10.4 Å². The maximum Gasteiger partial charge on any atom is 0.185 e. The van der Waals surface area contributed by atoms with E-state index in [1.54, 1.807) is 11.3 Å². The van der Waals surface area contributed by atoms with Crippen LogP contribution in [0.1, 0.15) is 5.69 Å². The summed E-state index contributed by atoms with van der Waals surface area (Å²) >= 11 is 1.74. The fourth-order valence-electron chi connectivity index (χ4n) is 1.63. The van der Waals surface area contributed by atoms with Gasteiger partial charge in [0, 0.05) is 20.6 Å². The summed E-state index contributed by atoms with van der Waals surface area (Å²) in [7, 11) is 6.00. The SMILES string of the molecule is CNCc1nc(N(C)C)sc1-c1ccccc1. The maximum atomic E-state index is 4.66. The molecule has 1 N–H and O–H groups in total. The highest BCUT2D eigenvalue weighted by molar-refractivity contribution is 7.19. The summed E-state index contributed by atoms with van der Waals surface area (Å²) in [5.41, 5.74) is 2.36. The molecule has 1 aromatic heterocycles. The fourth-order valence-corrected chi connectivity index (χ4v) is 2.64. The summed E-state index contributed by atoms with van der Waals surface area (Å²) < 4.78 is 0. The molecule has 2 rings (SSSR count). The molecule has 0 spiro atoms. The van der Waals surface area contributed by atoms with Gasteiger partial charge in [-0.15, -0.1) is 0 Å². The third-order valence-corrected chi connectivity index (χ3v) is 3.76. The number of thiazole rings is 1. The van der Waals surface area contributed by atoms with Crippen molar-refractivity contribution < 1.29 is 0 Å². The molecule has 0 saturated heterocycles. The number of nitrogens with one attached hydrogen (secondary N) is 1. The predicted octanol–water partition coefficient (Wildman–Crippen LogP) is 2.60. The molecule has 1 heterocycles. The Labute approximate surface area is 106 Å². The Morgan fingerprint density at radius 1 is 1.24 bits per heavy atom. The Bertz CT molecular complexity index is 477. The van der Waals surface area contributed by atoms with Crippen LogP contribution in [0.25, 0.3) is 10.4 Å². The van der Waals surface area contributed by atoms with Gasteiger partial charge in [-0.3, -0.25) is 0 Å². The average Bonchev–Trinajstić information content (AvgIpc) is 2.75. The minimum atomic E-state index is 0.800. The first-order valence-electron chi connectivity index (χ1n) is 5.59. The van der Waals surface area contributed by atoms with Crippen molar-refractivity contribution in [3.63, 3.8) is 0 Å². The van der Waals surface area contributed by atoms with Gasteiger partial charge in [0.05, 0.1) is 10.6 Å². The number of anilines is 1. The molecule has 0 aliphatic heterocycles. The van der Waals surface area contributed by atoms with Crippen LogP contribution in [0.4, 0.5) is 5.13 Å². The minimum Gasteiger partial charge on any atom is -0.354 e. The van der Waals surface area contributed by atoms with Gasteiger partial charge in [-0.1, -0.05) is 41.7 Å². The van der Waals surface area contributed by atoms with Crippen LogP contribution in [0.2, 0.25) is 0 Å². The largest absolute Gasteiger partial charge is 0.354 e. The quantitative estimate of drug-likeness (QED) is 0.900. The molecule has 0 bridgehead atoms. The van der Waals surface area contributed by atoms with Crippen molar-refractivity contribution in [2.75, 3.05) is 26.0 Å². The monoisotopic (exact) mass is 247 g/mol. The van der Waals surface area contributed by atoms with Gasteiger partial charge in [0.25, 0.3) is 0 Å². The van der Waals surface area contributed by atoms with Gasteiger partial charge in [0.1, 0.15) is 0 Å². The van der Waals surface area contributed by atoms with E-state index in [-0.39, 0.29) is 0 Å². The first kappa shape index (κ1) is 12.1. The Morgan fingerprint density at radius 3 is 2.53 bits per heavy atom. The van der Waals surface area contributed by atoms with E-state index < -0.39 is 0 Å². The number of aromatic nitrogens is 1. The summed E-state index contributed by atoms with van der Waals surface area (Å²) in [6.45, 7) is 0.800. The van der Waals surface area contributed by atoms with E-state index in [1.165, 1.54) is 10.4 Å². The van der Waals surface area contributed by atoms with E-state index in [0.29, 0.717) is 0 Å². The summed E-state index contributed by atoms with van der Waals surface area (Å²) in [5, 5.41) is 4.22. The molecule has 0 aliphatic carbocycles. The first-order chi connectivity index (χ1) is 8.22. The highest BCUT2D eigenvalue weighted by Crippen LogP contribution is 2.33. The summed E-state index contributed by atoms with van der Waals surface area (Å²) in [6.07, 6.45) is 0. The number of nitrogens with zero attached hydrogens (tertiary/aromatic N) is 2. The molecule has 0 unspecified atom stereocenters. The molecule has 17 heavy (non-hydrogen) atoms. The van der Waals surface area contributed by atoms with Gasteiger partial charge in [-0.25, -0.2) is 4.98 Å². The molecule has 90 valence electrons. The molecule has 0 aliphatic rings.